The van der Waals surface area contributed by atoms with Crippen molar-refractivity contribution in [1.82, 2.24) is 9.80 Å². The van der Waals surface area contributed by atoms with E-state index in [4.69, 9.17) is 11.6 Å². The minimum Gasteiger partial charge on any atom is -0.337 e. The van der Waals surface area contributed by atoms with E-state index >= 15 is 0 Å². The van der Waals surface area contributed by atoms with Crippen molar-refractivity contribution in [2.75, 3.05) is 20.1 Å². The van der Waals surface area contributed by atoms with Gasteiger partial charge in [0.15, 0.2) is 0 Å². The molecule has 5 heteroatoms. The number of carbonyl (C=O) groups excluding carboxylic acids is 1. The highest BCUT2D eigenvalue weighted by atomic mass is 35.5. The van der Waals surface area contributed by atoms with Gasteiger partial charge in [-0.15, -0.1) is 0 Å². The number of nitrogens with zero attached hydrogens (tertiary/aromatic N) is 2. The summed E-state index contributed by atoms with van der Waals surface area (Å²) in [5, 5.41) is 0.336. The lowest BCUT2D eigenvalue weighted by Crippen LogP contribution is -2.27. The van der Waals surface area contributed by atoms with Gasteiger partial charge in [-0.25, -0.2) is 4.39 Å². The Hall–Kier alpha value is -1.91. The smallest absolute Gasteiger partial charge is 0.253 e. The molecule has 25 heavy (non-hydrogen) atoms. The Kier molecular flexibility index (Phi) is 5.71. The molecule has 1 heterocycles. The molecule has 3 nitrogen and oxygen atoms in total. The van der Waals surface area contributed by atoms with Crippen LogP contribution in [0.25, 0.3) is 0 Å². The van der Waals surface area contributed by atoms with E-state index in [0.717, 1.165) is 25.2 Å². The first kappa shape index (κ1) is 17.9. The Morgan fingerprint density at radius 1 is 1.20 bits per heavy atom. The minimum absolute atomic E-state index is 0.136. The van der Waals surface area contributed by atoms with Crippen molar-refractivity contribution in [2.45, 2.75) is 25.9 Å². The first-order chi connectivity index (χ1) is 12.0. The lowest BCUT2D eigenvalue weighted by Gasteiger charge is -2.20. The highest BCUT2D eigenvalue weighted by molar-refractivity contribution is 6.31. The number of carbonyl (C=O) groups is 1. The number of hydrogen-bond donors (Lipinski definition) is 0. The molecule has 0 unspecified atom stereocenters. The molecule has 2 aromatic rings. The SMILES string of the molecule is CN(Cc1c(F)cccc1Cl)C(=O)c1cccc(CN2CCCC2)c1. The van der Waals surface area contributed by atoms with E-state index in [0.29, 0.717) is 16.1 Å². The molecule has 0 aliphatic carbocycles. The minimum atomic E-state index is -0.394. The van der Waals surface area contributed by atoms with Gasteiger partial charge in [0.05, 0.1) is 0 Å². The highest BCUT2D eigenvalue weighted by Gasteiger charge is 2.17. The number of amides is 1. The molecule has 0 radical (unpaired) electrons. The molecule has 0 saturated carbocycles. The summed E-state index contributed by atoms with van der Waals surface area (Å²) in [6.45, 7) is 3.23. The molecular formula is C20H22ClFN2O. The zero-order chi connectivity index (χ0) is 17.8. The van der Waals surface area contributed by atoms with Gasteiger partial charge >= 0.3 is 0 Å². The molecule has 3 rings (SSSR count). The Morgan fingerprint density at radius 3 is 2.64 bits per heavy atom. The highest BCUT2D eigenvalue weighted by Crippen LogP contribution is 2.21. The Balaban J connectivity index is 1.71. The van der Waals surface area contributed by atoms with Crippen molar-refractivity contribution in [2.24, 2.45) is 0 Å². The van der Waals surface area contributed by atoms with Gasteiger partial charge in [-0.2, -0.15) is 0 Å². The van der Waals surface area contributed by atoms with Crippen molar-refractivity contribution in [1.29, 1.82) is 0 Å². The number of benzene rings is 2. The van der Waals surface area contributed by atoms with E-state index in [-0.39, 0.29) is 12.5 Å². The number of likely N-dealkylation sites (tertiary alicyclic amines) is 1. The first-order valence-electron chi connectivity index (χ1n) is 8.54. The van der Waals surface area contributed by atoms with Crippen LogP contribution in [0.5, 0.6) is 0 Å². The lowest BCUT2D eigenvalue weighted by molar-refractivity contribution is 0.0783. The Morgan fingerprint density at radius 2 is 1.92 bits per heavy atom. The van der Waals surface area contributed by atoms with Crippen LogP contribution in [0.1, 0.15) is 34.3 Å². The third-order valence-electron chi connectivity index (χ3n) is 4.58. The van der Waals surface area contributed by atoms with E-state index in [9.17, 15) is 9.18 Å². The van der Waals surface area contributed by atoms with Crippen LogP contribution in [-0.4, -0.2) is 35.8 Å². The van der Waals surface area contributed by atoms with E-state index in [1.807, 2.05) is 18.2 Å². The summed E-state index contributed by atoms with van der Waals surface area (Å²) >= 11 is 6.06. The fraction of sp³-hybridized carbons (Fsp3) is 0.350. The van der Waals surface area contributed by atoms with Crippen molar-refractivity contribution in [3.05, 3.63) is 70.0 Å². The maximum Gasteiger partial charge on any atom is 0.253 e. The van der Waals surface area contributed by atoms with Crippen LogP contribution in [0.15, 0.2) is 42.5 Å². The third-order valence-corrected chi connectivity index (χ3v) is 4.94. The standard InChI is InChI=1S/C20H22ClFN2O/c1-23(14-17-18(21)8-5-9-19(17)22)20(25)16-7-4-6-15(12-16)13-24-10-2-3-11-24/h4-9,12H,2-3,10-11,13-14H2,1H3. The van der Waals surface area contributed by atoms with Crippen LogP contribution in [0, 0.1) is 5.82 Å². The van der Waals surface area contributed by atoms with Gasteiger partial charge in [0.25, 0.3) is 5.91 Å². The summed E-state index contributed by atoms with van der Waals surface area (Å²) in [5.74, 6) is -0.530. The molecular weight excluding hydrogens is 339 g/mol. The topological polar surface area (TPSA) is 23.6 Å². The van der Waals surface area contributed by atoms with Crippen LogP contribution >= 0.6 is 11.6 Å². The molecule has 1 fully saturated rings. The number of hydrogen-bond acceptors (Lipinski definition) is 2. The molecule has 1 aliphatic rings. The van der Waals surface area contributed by atoms with E-state index in [2.05, 4.69) is 4.90 Å². The predicted octanol–water partition coefficient (Wildman–Crippen LogP) is 4.35. The summed E-state index contributed by atoms with van der Waals surface area (Å²) in [4.78, 5) is 16.6. The van der Waals surface area contributed by atoms with Crippen LogP contribution in [0.3, 0.4) is 0 Å². The van der Waals surface area contributed by atoms with Gasteiger partial charge in [-0.05, 0) is 55.8 Å². The fourth-order valence-corrected chi connectivity index (χ4v) is 3.44. The van der Waals surface area contributed by atoms with Crippen molar-refractivity contribution in [3.63, 3.8) is 0 Å². The van der Waals surface area contributed by atoms with E-state index in [1.54, 1.807) is 25.2 Å². The van der Waals surface area contributed by atoms with E-state index < -0.39 is 5.82 Å². The number of rotatable bonds is 5. The van der Waals surface area contributed by atoms with Gasteiger partial charge in [0.2, 0.25) is 0 Å². The summed E-state index contributed by atoms with van der Waals surface area (Å²) in [5.41, 5.74) is 2.09. The van der Waals surface area contributed by atoms with Gasteiger partial charge in [-0.1, -0.05) is 29.8 Å². The predicted molar refractivity (Wildman–Crippen MR) is 98.2 cm³/mol. The third kappa shape index (κ3) is 4.39. The van der Waals surface area contributed by atoms with Crippen LogP contribution in [-0.2, 0) is 13.1 Å². The molecule has 0 bridgehead atoms. The molecule has 132 valence electrons. The average molecular weight is 361 g/mol. The number of halogens is 2. The van der Waals surface area contributed by atoms with Gasteiger partial charge < -0.3 is 4.90 Å². The summed E-state index contributed by atoms with van der Waals surface area (Å²) < 4.78 is 13.9. The normalized spacial score (nSPS) is 14.7. The van der Waals surface area contributed by atoms with Gasteiger partial charge in [0.1, 0.15) is 5.82 Å². The second-order valence-electron chi connectivity index (χ2n) is 6.55. The monoisotopic (exact) mass is 360 g/mol. The summed E-state index contributed by atoms with van der Waals surface area (Å²) in [6.07, 6.45) is 2.48. The fourth-order valence-electron chi connectivity index (χ4n) is 3.21. The average Bonchev–Trinajstić information content (AvgIpc) is 3.10. The van der Waals surface area contributed by atoms with Crippen LogP contribution in [0.2, 0.25) is 5.02 Å². The molecule has 0 aromatic heterocycles. The summed E-state index contributed by atoms with van der Waals surface area (Å²) in [7, 11) is 1.66. The quantitative estimate of drug-likeness (QED) is 0.791. The maximum absolute atomic E-state index is 13.9. The van der Waals surface area contributed by atoms with E-state index in [1.165, 1.54) is 23.8 Å². The molecule has 1 saturated heterocycles. The Labute approximate surface area is 153 Å². The van der Waals surface area contributed by atoms with Gasteiger partial charge in [0, 0.05) is 36.3 Å². The first-order valence-corrected chi connectivity index (χ1v) is 8.92. The molecule has 1 amide bonds. The van der Waals surface area contributed by atoms with Crippen molar-refractivity contribution >= 4 is 17.5 Å². The van der Waals surface area contributed by atoms with Gasteiger partial charge in [-0.3, -0.25) is 9.69 Å². The zero-order valence-corrected chi connectivity index (χ0v) is 15.1. The molecule has 1 aliphatic heterocycles. The zero-order valence-electron chi connectivity index (χ0n) is 14.3. The molecule has 0 atom stereocenters. The lowest BCUT2D eigenvalue weighted by atomic mass is 10.1. The molecule has 0 N–H and O–H groups in total. The maximum atomic E-state index is 13.9. The molecule has 0 spiro atoms. The summed E-state index contributed by atoms with van der Waals surface area (Å²) in [6, 6.07) is 12.2. The second-order valence-corrected chi connectivity index (χ2v) is 6.95. The molecule has 2 aromatic carbocycles. The van der Waals surface area contributed by atoms with Crippen molar-refractivity contribution in [3.8, 4) is 0 Å². The second kappa shape index (κ2) is 7.98. The van der Waals surface area contributed by atoms with Crippen molar-refractivity contribution < 1.29 is 9.18 Å². The van der Waals surface area contributed by atoms with Crippen LogP contribution in [0.4, 0.5) is 4.39 Å². The Bertz CT molecular complexity index is 739. The van der Waals surface area contributed by atoms with Crippen LogP contribution < -0.4 is 0 Å². The largest absolute Gasteiger partial charge is 0.337 e.